The SMILES string of the molecule is COc1ccc2c3c1O[C@H]1C(=O)CCC4[C@H](C2)N(C)CC[C@@]341. The van der Waals surface area contributed by atoms with Gasteiger partial charge in [0.25, 0.3) is 0 Å². The van der Waals surface area contributed by atoms with Crippen molar-refractivity contribution in [3.63, 3.8) is 0 Å². The lowest BCUT2D eigenvalue weighted by Gasteiger charge is -2.57. The van der Waals surface area contributed by atoms with Crippen LogP contribution in [0.2, 0.25) is 0 Å². The standard InChI is InChI=1S/C18H21NO3/c1-19-8-7-18-11-4-5-13(20)17(18)22-16-14(21-2)6-3-10(15(16)18)9-12(11)19/h3,6,11-12,17H,4-5,7-9H2,1-2H3/t11?,12-,17-,18-/m0/s1. The van der Waals surface area contributed by atoms with Gasteiger partial charge in [0.1, 0.15) is 0 Å². The molecule has 4 aliphatic rings. The Kier molecular flexibility index (Phi) is 2.38. The molecule has 4 heteroatoms. The van der Waals surface area contributed by atoms with E-state index in [1.807, 2.05) is 6.07 Å². The lowest BCUT2D eigenvalue weighted by atomic mass is 9.52. The molecule has 116 valence electrons. The smallest absolute Gasteiger partial charge is 0.174 e. The molecule has 0 aromatic heterocycles. The maximum Gasteiger partial charge on any atom is 0.174 e. The molecule has 2 fully saturated rings. The van der Waals surface area contributed by atoms with E-state index in [2.05, 4.69) is 18.0 Å². The second kappa shape index (κ2) is 4.05. The molecular weight excluding hydrogens is 278 g/mol. The third kappa shape index (κ3) is 1.27. The van der Waals surface area contributed by atoms with Gasteiger partial charge in [-0.15, -0.1) is 0 Å². The van der Waals surface area contributed by atoms with Crippen LogP contribution in [0.4, 0.5) is 0 Å². The second-order valence-electron chi connectivity index (χ2n) is 7.28. The summed E-state index contributed by atoms with van der Waals surface area (Å²) in [5.41, 5.74) is 2.57. The number of benzene rings is 1. The van der Waals surface area contributed by atoms with Gasteiger partial charge in [0.05, 0.1) is 7.11 Å². The van der Waals surface area contributed by atoms with E-state index in [0.29, 0.717) is 18.4 Å². The largest absolute Gasteiger partial charge is 0.493 e. The van der Waals surface area contributed by atoms with Crippen LogP contribution in [0.15, 0.2) is 12.1 Å². The maximum atomic E-state index is 12.6. The van der Waals surface area contributed by atoms with Crippen molar-refractivity contribution in [2.75, 3.05) is 20.7 Å². The average molecular weight is 299 g/mol. The number of ether oxygens (including phenoxy) is 2. The van der Waals surface area contributed by atoms with Gasteiger partial charge >= 0.3 is 0 Å². The molecule has 4 nitrogen and oxygen atoms in total. The number of ketones is 1. The van der Waals surface area contributed by atoms with Gasteiger partial charge in [-0.2, -0.15) is 0 Å². The van der Waals surface area contributed by atoms with Crippen LogP contribution in [0.25, 0.3) is 0 Å². The minimum absolute atomic E-state index is 0.0933. The monoisotopic (exact) mass is 299 g/mol. The van der Waals surface area contributed by atoms with Gasteiger partial charge in [-0.05, 0) is 50.4 Å². The highest BCUT2D eigenvalue weighted by Crippen LogP contribution is 2.62. The number of hydrogen-bond acceptors (Lipinski definition) is 4. The summed E-state index contributed by atoms with van der Waals surface area (Å²) in [6, 6.07) is 4.73. The summed E-state index contributed by atoms with van der Waals surface area (Å²) in [6.07, 6.45) is 3.47. The van der Waals surface area contributed by atoms with Crippen molar-refractivity contribution >= 4 is 5.78 Å². The number of rotatable bonds is 1. The van der Waals surface area contributed by atoms with E-state index in [9.17, 15) is 4.79 Å². The van der Waals surface area contributed by atoms with Gasteiger partial charge in [-0.25, -0.2) is 0 Å². The Bertz CT molecular complexity index is 685. The summed E-state index contributed by atoms with van der Waals surface area (Å²) in [5, 5.41) is 0. The molecule has 0 radical (unpaired) electrons. The zero-order valence-electron chi connectivity index (χ0n) is 13.1. The van der Waals surface area contributed by atoms with Crippen LogP contribution >= 0.6 is 0 Å². The Balaban J connectivity index is 1.81. The topological polar surface area (TPSA) is 38.8 Å². The summed E-state index contributed by atoms with van der Waals surface area (Å²) in [5.74, 6) is 2.46. The molecule has 22 heavy (non-hydrogen) atoms. The van der Waals surface area contributed by atoms with Crippen molar-refractivity contribution in [3.05, 3.63) is 23.3 Å². The highest BCUT2D eigenvalue weighted by Gasteiger charge is 2.65. The molecule has 2 aliphatic heterocycles. The average Bonchev–Trinajstić information content (AvgIpc) is 2.88. The van der Waals surface area contributed by atoms with Gasteiger partial charge in [0, 0.05) is 23.4 Å². The van der Waals surface area contributed by atoms with Crippen LogP contribution in [-0.4, -0.2) is 43.5 Å². The highest BCUT2D eigenvalue weighted by atomic mass is 16.5. The molecule has 1 spiro atoms. The van der Waals surface area contributed by atoms with Crippen molar-refractivity contribution in [3.8, 4) is 11.5 Å². The zero-order chi connectivity index (χ0) is 15.1. The number of methoxy groups -OCH3 is 1. The lowest BCUT2D eigenvalue weighted by Crippen LogP contribution is -2.65. The molecule has 0 N–H and O–H groups in total. The number of hydrogen-bond donors (Lipinski definition) is 0. The van der Waals surface area contributed by atoms with E-state index in [1.54, 1.807) is 7.11 Å². The van der Waals surface area contributed by atoms with Gasteiger partial charge in [0.2, 0.25) is 0 Å². The minimum Gasteiger partial charge on any atom is -0.493 e. The van der Waals surface area contributed by atoms with Crippen LogP contribution in [0.1, 0.15) is 30.4 Å². The molecule has 2 bridgehead atoms. The van der Waals surface area contributed by atoms with Crippen LogP contribution in [0.5, 0.6) is 11.5 Å². The zero-order valence-corrected chi connectivity index (χ0v) is 13.1. The fourth-order valence-electron chi connectivity index (χ4n) is 5.67. The van der Waals surface area contributed by atoms with Gasteiger partial charge in [-0.3, -0.25) is 4.79 Å². The molecule has 1 saturated carbocycles. The van der Waals surface area contributed by atoms with Crippen molar-refractivity contribution in [1.82, 2.24) is 4.90 Å². The van der Waals surface area contributed by atoms with Crippen LogP contribution in [-0.2, 0) is 16.6 Å². The number of nitrogens with zero attached hydrogens (tertiary/aromatic N) is 1. The first-order valence-electron chi connectivity index (χ1n) is 8.27. The first-order valence-corrected chi connectivity index (χ1v) is 8.27. The van der Waals surface area contributed by atoms with Gasteiger partial charge < -0.3 is 14.4 Å². The molecule has 2 aliphatic carbocycles. The highest BCUT2D eigenvalue weighted by molar-refractivity contribution is 5.89. The van der Waals surface area contributed by atoms with Gasteiger partial charge in [-0.1, -0.05) is 6.07 Å². The van der Waals surface area contributed by atoms with Crippen molar-refractivity contribution in [2.45, 2.75) is 43.2 Å². The predicted octanol–water partition coefficient (Wildman–Crippen LogP) is 1.93. The number of Topliss-reactive ketones (excluding diaryl/α,β-unsaturated/α-hetero) is 1. The number of carbonyl (C=O) groups excluding carboxylic acids is 1. The van der Waals surface area contributed by atoms with E-state index >= 15 is 0 Å². The van der Waals surface area contributed by atoms with Crippen LogP contribution in [0, 0.1) is 5.92 Å². The summed E-state index contributed by atoms with van der Waals surface area (Å²) in [4.78, 5) is 15.1. The van der Waals surface area contributed by atoms with Crippen molar-refractivity contribution in [1.29, 1.82) is 0 Å². The quantitative estimate of drug-likeness (QED) is 0.794. The third-order valence-electron chi connectivity index (χ3n) is 6.59. The molecule has 5 rings (SSSR count). The van der Waals surface area contributed by atoms with Crippen molar-refractivity contribution in [2.24, 2.45) is 5.92 Å². The third-order valence-corrected chi connectivity index (χ3v) is 6.59. The second-order valence-corrected chi connectivity index (χ2v) is 7.28. The molecule has 1 saturated heterocycles. The Morgan fingerprint density at radius 3 is 3.09 bits per heavy atom. The van der Waals surface area contributed by atoms with E-state index < -0.39 is 0 Å². The Labute approximate surface area is 130 Å². The number of carbonyl (C=O) groups is 1. The summed E-state index contributed by atoms with van der Waals surface area (Å²) >= 11 is 0. The molecule has 1 unspecified atom stereocenters. The van der Waals surface area contributed by atoms with E-state index in [1.165, 1.54) is 11.1 Å². The fraction of sp³-hybridized carbons (Fsp3) is 0.611. The molecule has 0 amide bonds. The first kappa shape index (κ1) is 12.9. The maximum absolute atomic E-state index is 12.6. The predicted molar refractivity (Wildman–Crippen MR) is 81.6 cm³/mol. The van der Waals surface area contributed by atoms with Gasteiger partial charge in [0.15, 0.2) is 23.4 Å². The Morgan fingerprint density at radius 2 is 2.27 bits per heavy atom. The normalized spacial score (nSPS) is 38.5. The number of piperidine rings is 1. The summed E-state index contributed by atoms with van der Waals surface area (Å²) in [7, 11) is 3.91. The molecular formula is C18H21NO3. The number of likely N-dealkylation sites (tertiary alicyclic amines) is 1. The molecule has 1 aromatic carbocycles. The first-order chi connectivity index (χ1) is 10.7. The lowest BCUT2D eigenvalue weighted by molar-refractivity contribution is -0.138. The molecule has 2 heterocycles. The number of likely N-dealkylation sites (N-methyl/N-ethyl adjacent to an activating group) is 1. The minimum atomic E-state index is -0.284. The summed E-state index contributed by atoms with van der Waals surface area (Å²) in [6.45, 7) is 1.05. The molecule has 4 atom stereocenters. The van der Waals surface area contributed by atoms with Crippen LogP contribution < -0.4 is 9.47 Å². The fourth-order valence-corrected chi connectivity index (χ4v) is 5.67. The molecule has 1 aromatic rings. The van der Waals surface area contributed by atoms with Crippen LogP contribution in [0.3, 0.4) is 0 Å². The van der Waals surface area contributed by atoms with E-state index in [-0.39, 0.29) is 17.3 Å². The Hall–Kier alpha value is -1.55. The van der Waals surface area contributed by atoms with Crippen molar-refractivity contribution < 1.29 is 14.3 Å². The van der Waals surface area contributed by atoms with E-state index in [0.717, 1.165) is 37.3 Å². The Morgan fingerprint density at radius 1 is 1.41 bits per heavy atom. The van der Waals surface area contributed by atoms with E-state index in [4.69, 9.17) is 9.47 Å². The summed E-state index contributed by atoms with van der Waals surface area (Å²) < 4.78 is 11.8.